The van der Waals surface area contributed by atoms with E-state index in [9.17, 15) is 4.79 Å². The molecule has 2 rings (SSSR count). The van der Waals surface area contributed by atoms with Crippen LogP contribution in [0.15, 0.2) is 24.5 Å². The number of nitrogens with zero attached hydrogens (tertiary/aromatic N) is 2. The van der Waals surface area contributed by atoms with E-state index in [0.717, 1.165) is 19.5 Å². The van der Waals surface area contributed by atoms with Gasteiger partial charge in [0, 0.05) is 31.4 Å². The Kier molecular flexibility index (Phi) is 1.78. The van der Waals surface area contributed by atoms with Crippen molar-refractivity contribution in [2.75, 3.05) is 13.1 Å². The van der Waals surface area contributed by atoms with Gasteiger partial charge in [0.1, 0.15) is 0 Å². The van der Waals surface area contributed by atoms with Crippen LogP contribution in [0.5, 0.6) is 0 Å². The van der Waals surface area contributed by atoms with E-state index in [2.05, 4.69) is 11.1 Å². The van der Waals surface area contributed by atoms with Crippen molar-refractivity contribution >= 4 is 6.41 Å². The zero-order valence-electron chi connectivity index (χ0n) is 6.68. The third-order valence-electron chi connectivity index (χ3n) is 2.21. The second kappa shape index (κ2) is 2.93. The third kappa shape index (κ3) is 1.18. The molecule has 0 N–H and O–H groups in total. The maximum Gasteiger partial charge on any atom is 0.209 e. The maximum absolute atomic E-state index is 10.3. The lowest BCUT2D eigenvalue weighted by Gasteiger charge is -2.36. The van der Waals surface area contributed by atoms with E-state index in [0.29, 0.717) is 5.92 Å². The topological polar surface area (TPSA) is 33.2 Å². The molecule has 0 aliphatic carbocycles. The summed E-state index contributed by atoms with van der Waals surface area (Å²) >= 11 is 0. The number of hydrogen-bond donors (Lipinski definition) is 0. The van der Waals surface area contributed by atoms with Crippen LogP contribution in [0.4, 0.5) is 0 Å². The predicted molar refractivity (Wildman–Crippen MR) is 44.6 cm³/mol. The van der Waals surface area contributed by atoms with Crippen LogP contribution in [-0.4, -0.2) is 29.4 Å². The molecule has 62 valence electrons. The first-order valence-corrected chi connectivity index (χ1v) is 3.99. The maximum atomic E-state index is 10.3. The van der Waals surface area contributed by atoms with Crippen molar-refractivity contribution in [2.45, 2.75) is 5.92 Å². The molecule has 1 aromatic heterocycles. The highest BCUT2D eigenvalue weighted by Crippen LogP contribution is 2.24. The molecule has 1 aliphatic rings. The molecule has 3 nitrogen and oxygen atoms in total. The van der Waals surface area contributed by atoms with Crippen LogP contribution in [0.2, 0.25) is 0 Å². The van der Waals surface area contributed by atoms with Gasteiger partial charge in [0.25, 0.3) is 0 Å². The molecular formula is C9H10N2O. The molecule has 0 aromatic carbocycles. The smallest absolute Gasteiger partial charge is 0.209 e. The second-order valence-electron chi connectivity index (χ2n) is 3.04. The Hall–Kier alpha value is -1.38. The molecule has 1 amide bonds. The number of carbonyl (C=O) groups is 1. The van der Waals surface area contributed by atoms with Gasteiger partial charge in [-0.3, -0.25) is 9.78 Å². The van der Waals surface area contributed by atoms with Crippen molar-refractivity contribution in [1.29, 1.82) is 0 Å². The summed E-state index contributed by atoms with van der Waals surface area (Å²) in [4.78, 5) is 16.1. The normalized spacial score (nSPS) is 17.2. The van der Waals surface area contributed by atoms with Crippen LogP contribution in [0.1, 0.15) is 11.5 Å². The first kappa shape index (κ1) is 7.28. The summed E-state index contributed by atoms with van der Waals surface area (Å²) in [7, 11) is 0. The first-order valence-electron chi connectivity index (χ1n) is 3.99. The lowest BCUT2D eigenvalue weighted by Crippen LogP contribution is -2.43. The summed E-state index contributed by atoms with van der Waals surface area (Å²) in [5.74, 6) is 0.504. The number of pyridine rings is 1. The quantitative estimate of drug-likeness (QED) is 0.598. The number of likely N-dealkylation sites (tertiary alicyclic amines) is 1. The van der Waals surface area contributed by atoms with Gasteiger partial charge in [0.2, 0.25) is 6.41 Å². The molecule has 2 heterocycles. The summed E-state index contributed by atoms with van der Waals surface area (Å²) in [6.07, 6.45) is 4.53. The van der Waals surface area contributed by atoms with Crippen LogP contribution in [-0.2, 0) is 4.79 Å². The molecule has 0 saturated carbocycles. The number of hydrogen-bond acceptors (Lipinski definition) is 2. The van der Waals surface area contributed by atoms with Crippen molar-refractivity contribution in [3.8, 4) is 0 Å². The minimum absolute atomic E-state index is 0.504. The number of amides is 1. The highest BCUT2D eigenvalue weighted by molar-refractivity contribution is 5.50. The summed E-state index contributed by atoms with van der Waals surface area (Å²) in [5.41, 5.74) is 1.23. The molecule has 1 aliphatic heterocycles. The SMILES string of the molecule is O=CN1CC(c2cccnc2)C1. The summed E-state index contributed by atoms with van der Waals surface area (Å²) < 4.78 is 0. The van der Waals surface area contributed by atoms with Crippen molar-refractivity contribution in [3.05, 3.63) is 30.1 Å². The van der Waals surface area contributed by atoms with E-state index in [1.807, 2.05) is 12.3 Å². The van der Waals surface area contributed by atoms with Gasteiger partial charge in [0.15, 0.2) is 0 Å². The zero-order valence-corrected chi connectivity index (χ0v) is 6.68. The van der Waals surface area contributed by atoms with Crippen molar-refractivity contribution in [1.82, 2.24) is 9.88 Å². The number of carbonyl (C=O) groups excluding carboxylic acids is 1. The summed E-state index contributed by atoms with van der Waals surface area (Å²) in [6, 6.07) is 3.98. The molecule has 0 spiro atoms. The standard InChI is InChI=1S/C9H10N2O/c12-7-11-5-9(6-11)8-2-1-3-10-4-8/h1-4,7,9H,5-6H2. The van der Waals surface area contributed by atoms with E-state index in [1.54, 1.807) is 11.1 Å². The van der Waals surface area contributed by atoms with E-state index >= 15 is 0 Å². The Balaban J connectivity index is 2.01. The second-order valence-corrected chi connectivity index (χ2v) is 3.04. The van der Waals surface area contributed by atoms with Gasteiger partial charge in [-0.05, 0) is 11.6 Å². The Morgan fingerprint density at radius 3 is 3.00 bits per heavy atom. The van der Waals surface area contributed by atoms with Gasteiger partial charge >= 0.3 is 0 Å². The zero-order chi connectivity index (χ0) is 8.39. The molecule has 1 aromatic rings. The Morgan fingerprint density at radius 2 is 2.42 bits per heavy atom. The molecule has 0 bridgehead atoms. The van der Waals surface area contributed by atoms with Crippen LogP contribution < -0.4 is 0 Å². The molecular weight excluding hydrogens is 152 g/mol. The van der Waals surface area contributed by atoms with Crippen molar-refractivity contribution in [2.24, 2.45) is 0 Å². The average Bonchev–Trinajstić information content (AvgIpc) is 2.04. The minimum Gasteiger partial charge on any atom is -0.344 e. The van der Waals surface area contributed by atoms with E-state index in [1.165, 1.54) is 5.56 Å². The predicted octanol–water partition coefficient (Wildman–Crippen LogP) is 0.637. The van der Waals surface area contributed by atoms with Crippen LogP contribution in [0, 0.1) is 0 Å². The molecule has 0 atom stereocenters. The molecule has 0 unspecified atom stereocenters. The Labute approximate surface area is 71.0 Å². The van der Waals surface area contributed by atoms with E-state index in [-0.39, 0.29) is 0 Å². The molecule has 0 radical (unpaired) electrons. The van der Waals surface area contributed by atoms with Gasteiger partial charge < -0.3 is 4.90 Å². The fourth-order valence-electron chi connectivity index (χ4n) is 1.43. The largest absolute Gasteiger partial charge is 0.344 e. The average molecular weight is 162 g/mol. The summed E-state index contributed by atoms with van der Waals surface area (Å²) in [5, 5.41) is 0. The summed E-state index contributed by atoms with van der Waals surface area (Å²) in [6.45, 7) is 1.68. The number of rotatable bonds is 2. The highest BCUT2D eigenvalue weighted by atomic mass is 16.1. The third-order valence-corrected chi connectivity index (χ3v) is 2.21. The van der Waals surface area contributed by atoms with Crippen LogP contribution >= 0.6 is 0 Å². The molecule has 12 heavy (non-hydrogen) atoms. The van der Waals surface area contributed by atoms with Crippen LogP contribution in [0.25, 0.3) is 0 Å². The van der Waals surface area contributed by atoms with E-state index < -0.39 is 0 Å². The fourth-order valence-corrected chi connectivity index (χ4v) is 1.43. The fraction of sp³-hybridized carbons (Fsp3) is 0.333. The monoisotopic (exact) mass is 162 g/mol. The molecule has 1 fully saturated rings. The molecule has 1 saturated heterocycles. The van der Waals surface area contributed by atoms with Gasteiger partial charge in [-0.15, -0.1) is 0 Å². The van der Waals surface area contributed by atoms with E-state index in [4.69, 9.17) is 0 Å². The number of aromatic nitrogens is 1. The van der Waals surface area contributed by atoms with Crippen molar-refractivity contribution in [3.63, 3.8) is 0 Å². The van der Waals surface area contributed by atoms with Gasteiger partial charge in [-0.25, -0.2) is 0 Å². The lowest BCUT2D eigenvalue weighted by molar-refractivity contribution is -0.122. The van der Waals surface area contributed by atoms with Gasteiger partial charge in [-0.1, -0.05) is 6.07 Å². The highest BCUT2D eigenvalue weighted by Gasteiger charge is 2.26. The van der Waals surface area contributed by atoms with Gasteiger partial charge in [-0.2, -0.15) is 0 Å². The van der Waals surface area contributed by atoms with Gasteiger partial charge in [0.05, 0.1) is 0 Å². The Morgan fingerprint density at radius 1 is 1.58 bits per heavy atom. The molecule has 3 heteroatoms. The van der Waals surface area contributed by atoms with Crippen molar-refractivity contribution < 1.29 is 4.79 Å². The first-order chi connectivity index (χ1) is 5.90. The van der Waals surface area contributed by atoms with Crippen LogP contribution in [0.3, 0.4) is 0 Å². The lowest BCUT2D eigenvalue weighted by atomic mass is 9.94. The minimum atomic E-state index is 0.504. The Bertz CT molecular complexity index is 267.